The number of carbonyl (C=O) groups excluding carboxylic acids is 1. The number of hydrogen-bond acceptors (Lipinski definition) is 4. The quantitative estimate of drug-likeness (QED) is 0.803. The summed E-state index contributed by atoms with van der Waals surface area (Å²) in [5, 5.41) is 10.9. The summed E-state index contributed by atoms with van der Waals surface area (Å²) in [6.07, 6.45) is -5.44. The number of nitrogens with one attached hydrogen (secondary N) is 1. The van der Waals surface area contributed by atoms with Crippen LogP contribution in [0.4, 0.5) is 18.0 Å². The number of halogens is 3. The number of carbonyl (C=O) groups is 2. The molecule has 0 rings (SSSR count). The summed E-state index contributed by atoms with van der Waals surface area (Å²) >= 11 is 0. The average molecular weight is 300 g/mol. The fraction of sp³-hybridized carbons (Fsp3) is 0.818. The van der Waals surface area contributed by atoms with Crippen LogP contribution in [0.25, 0.3) is 0 Å². The summed E-state index contributed by atoms with van der Waals surface area (Å²) in [6, 6.07) is -1.49. The molecule has 0 aliphatic rings. The highest BCUT2D eigenvalue weighted by Crippen LogP contribution is 2.15. The van der Waals surface area contributed by atoms with E-state index in [1.807, 2.05) is 5.32 Å². The SMILES string of the molecule is CN(CC(NC(=O)OC(C)(C)C)C(=O)O)CC(F)(F)F. The number of hydrogen-bond donors (Lipinski definition) is 2. The molecule has 0 heterocycles. The predicted molar refractivity (Wildman–Crippen MR) is 64.3 cm³/mol. The molecule has 0 radical (unpaired) electrons. The summed E-state index contributed by atoms with van der Waals surface area (Å²) in [4.78, 5) is 23.1. The maximum Gasteiger partial charge on any atom is 0.408 e. The molecule has 1 unspecified atom stereocenters. The molecular weight excluding hydrogens is 281 g/mol. The smallest absolute Gasteiger partial charge is 0.408 e. The molecule has 1 amide bonds. The number of carboxylic acid groups (broad SMARTS) is 1. The molecule has 2 N–H and O–H groups in total. The Morgan fingerprint density at radius 3 is 2.15 bits per heavy atom. The highest BCUT2D eigenvalue weighted by Gasteiger charge is 2.32. The third-order valence-corrected chi connectivity index (χ3v) is 1.93. The first-order valence-electron chi connectivity index (χ1n) is 5.78. The van der Waals surface area contributed by atoms with Crippen LogP contribution in [0.15, 0.2) is 0 Å². The van der Waals surface area contributed by atoms with Gasteiger partial charge in [-0.25, -0.2) is 9.59 Å². The number of alkyl halides is 3. The van der Waals surface area contributed by atoms with Crippen molar-refractivity contribution in [3.05, 3.63) is 0 Å². The normalized spacial score (nSPS) is 14.0. The molecule has 0 aliphatic heterocycles. The average Bonchev–Trinajstić information content (AvgIpc) is 2.09. The third kappa shape index (κ3) is 9.42. The van der Waals surface area contributed by atoms with Crippen LogP contribution in [0.5, 0.6) is 0 Å². The molecule has 0 aromatic heterocycles. The Hall–Kier alpha value is -1.51. The van der Waals surface area contributed by atoms with Crippen molar-refractivity contribution in [3.63, 3.8) is 0 Å². The summed E-state index contributed by atoms with van der Waals surface area (Å²) in [5.41, 5.74) is -0.828. The second-order valence-corrected chi connectivity index (χ2v) is 5.35. The number of ether oxygens (including phenoxy) is 1. The van der Waals surface area contributed by atoms with Crippen LogP contribution in [0.1, 0.15) is 20.8 Å². The predicted octanol–water partition coefficient (Wildman–Crippen LogP) is 1.46. The van der Waals surface area contributed by atoms with E-state index in [-0.39, 0.29) is 0 Å². The molecule has 20 heavy (non-hydrogen) atoms. The van der Waals surface area contributed by atoms with E-state index in [0.717, 1.165) is 11.9 Å². The largest absolute Gasteiger partial charge is 0.480 e. The van der Waals surface area contributed by atoms with Gasteiger partial charge in [0.25, 0.3) is 0 Å². The summed E-state index contributed by atoms with van der Waals surface area (Å²) in [5.74, 6) is -1.44. The molecule has 0 aromatic carbocycles. The molecular formula is C11H19F3N2O4. The first-order valence-corrected chi connectivity index (χ1v) is 5.78. The summed E-state index contributed by atoms with van der Waals surface area (Å²) in [6.45, 7) is 2.98. The Labute approximate surface area is 114 Å². The van der Waals surface area contributed by atoms with Crippen LogP contribution >= 0.6 is 0 Å². The summed E-state index contributed by atoms with van der Waals surface area (Å²) < 4.78 is 41.3. The third-order valence-electron chi connectivity index (χ3n) is 1.93. The van der Waals surface area contributed by atoms with Crippen molar-refractivity contribution >= 4 is 12.1 Å². The number of alkyl carbamates (subject to hydrolysis) is 1. The molecule has 9 heteroatoms. The first kappa shape index (κ1) is 18.5. The molecule has 0 spiro atoms. The first-order chi connectivity index (χ1) is 8.80. The van der Waals surface area contributed by atoms with Crippen molar-refractivity contribution in [3.8, 4) is 0 Å². The van der Waals surface area contributed by atoms with Crippen molar-refractivity contribution < 1.29 is 32.6 Å². The van der Waals surface area contributed by atoms with Gasteiger partial charge in [-0.2, -0.15) is 13.2 Å². The van der Waals surface area contributed by atoms with Crippen LogP contribution in [0, 0.1) is 0 Å². The fourth-order valence-electron chi connectivity index (χ4n) is 1.32. The van der Waals surface area contributed by atoms with Gasteiger partial charge in [0.15, 0.2) is 0 Å². The summed E-state index contributed by atoms with van der Waals surface area (Å²) in [7, 11) is 1.11. The Morgan fingerprint density at radius 1 is 1.30 bits per heavy atom. The maximum absolute atomic E-state index is 12.1. The number of rotatable bonds is 5. The van der Waals surface area contributed by atoms with E-state index in [0.29, 0.717) is 0 Å². The van der Waals surface area contributed by atoms with Gasteiger partial charge in [-0.1, -0.05) is 0 Å². The second kappa shape index (κ2) is 6.78. The molecule has 0 aliphatic carbocycles. The molecule has 0 bridgehead atoms. The van der Waals surface area contributed by atoms with Crippen molar-refractivity contribution in [2.24, 2.45) is 0 Å². The van der Waals surface area contributed by atoms with Gasteiger partial charge >= 0.3 is 18.2 Å². The Kier molecular flexibility index (Phi) is 6.27. The van der Waals surface area contributed by atoms with Crippen molar-refractivity contribution in [2.75, 3.05) is 20.1 Å². The van der Waals surface area contributed by atoms with Crippen LogP contribution in [0.2, 0.25) is 0 Å². The zero-order chi connectivity index (χ0) is 16.1. The van der Waals surface area contributed by atoms with Crippen LogP contribution in [-0.4, -0.2) is 60.0 Å². The minimum atomic E-state index is -4.44. The van der Waals surface area contributed by atoms with E-state index in [9.17, 15) is 22.8 Å². The number of carboxylic acids is 1. The van der Waals surface area contributed by atoms with Gasteiger partial charge in [-0.3, -0.25) is 4.90 Å². The molecule has 0 fully saturated rings. The zero-order valence-corrected chi connectivity index (χ0v) is 11.7. The molecule has 1 atom stereocenters. The lowest BCUT2D eigenvalue weighted by molar-refractivity contribution is -0.149. The van der Waals surface area contributed by atoms with E-state index >= 15 is 0 Å². The van der Waals surface area contributed by atoms with E-state index in [2.05, 4.69) is 0 Å². The zero-order valence-electron chi connectivity index (χ0n) is 11.7. The molecule has 0 saturated heterocycles. The lowest BCUT2D eigenvalue weighted by Crippen LogP contribution is -2.50. The van der Waals surface area contributed by atoms with Gasteiger partial charge in [0.2, 0.25) is 0 Å². The molecule has 0 aromatic rings. The Balaban J connectivity index is 4.52. The van der Waals surface area contributed by atoms with Crippen molar-refractivity contribution in [1.82, 2.24) is 10.2 Å². The lowest BCUT2D eigenvalue weighted by atomic mass is 10.2. The van der Waals surface area contributed by atoms with E-state index in [4.69, 9.17) is 9.84 Å². The van der Waals surface area contributed by atoms with Gasteiger partial charge in [0.05, 0.1) is 6.54 Å². The number of likely N-dealkylation sites (N-methyl/N-ethyl adjacent to an activating group) is 1. The highest BCUT2D eigenvalue weighted by atomic mass is 19.4. The standard InChI is InChI=1S/C11H19F3N2O4/c1-10(2,3)20-9(19)15-7(8(17)18)5-16(4)6-11(12,13)14/h7H,5-6H2,1-4H3,(H,15,19)(H,17,18). The van der Waals surface area contributed by atoms with Gasteiger partial charge in [-0.05, 0) is 27.8 Å². The van der Waals surface area contributed by atoms with Gasteiger partial charge in [0, 0.05) is 6.54 Å². The number of nitrogens with zero attached hydrogens (tertiary/aromatic N) is 1. The van der Waals surface area contributed by atoms with E-state index < -0.39 is 43.0 Å². The fourth-order valence-corrected chi connectivity index (χ4v) is 1.32. The van der Waals surface area contributed by atoms with Crippen LogP contribution in [0.3, 0.4) is 0 Å². The van der Waals surface area contributed by atoms with E-state index in [1.54, 1.807) is 20.8 Å². The topological polar surface area (TPSA) is 78.9 Å². The van der Waals surface area contributed by atoms with Crippen molar-refractivity contribution in [1.29, 1.82) is 0 Å². The Bertz CT molecular complexity index is 353. The lowest BCUT2D eigenvalue weighted by Gasteiger charge is -2.25. The van der Waals surface area contributed by atoms with Crippen molar-refractivity contribution in [2.45, 2.75) is 38.6 Å². The molecule has 118 valence electrons. The van der Waals surface area contributed by atoms with Gasteiger partial charge in [-0.15, -0.1) is 0 Å². The monoisotopic (exact) mass is 300 g/mol. The maximum atomic E-state index is 12.1. The van der Waals surface area contributed by atoms with Crippen LogP contribution in [-0.2, 0) is 9.53 Å². The number of aliphatic carboxylic acids is 1. The van der Waals surface area contributed by atoms with Gasteiger partial charge < -0.3 is 15.2 Å². The highest BCUT2D eigenvalue weighted by molar-refractivity contribution is 5.80. The van der Waals surface area contributed by atoms with E-state index in [1.165, 1.54) is 0 Å². The molecule has 6 nitrogen and oxygen atoms in total. The number of amides is 1. The molecule has 0 saturated carbocycles. The van der Waals surface area contributed by atoms with Crippen LogP contribution < -0.4 is 5.32 Å². The minimum Gasteiger partial charge on any atom is -0.480 e. The van der Waals surface area contributed by atoms with Gasteiger partial charge in [0.1, 0.15) is 11.6 Å². The minimum absolute atomic E-state index is 0.492. The Morgan fingerprint density at radius 2 is 1.80 bits per heavy atom. The second-order valence-electron chi connectivity index (χ2n) is 5.35.